The fourth-order valence-electron chi connectivity index (χ4n) is 6.01. The summed E-state index contributed by atoms with van der Waals surface area (Å²) in [6, 6.07) is 63.4. The zero-order valence-electron chi connectivity index (χ0n) is 28.3. The summed E-state index contributed by atoms with van der Waals surface area (Å²) in [6.07, 6.45) is 3.68. The van der Waals surface area contributed by atoms with Crippen molar-refractivity contribution in [1.82, 2.24) is 10.9 Å². The Hall–Kier alpha value is -5.22. The number of nitrogens with two attached hydrogens (primary N) is 2. The van der Waals surface area contributed by atoms with E-state index >= 15 is 0 Å². The van der Waals surface area contributed by atoms with Crippen LogP contribution in [0.25, 0.3) is 0 Å². The van der Waals surface area contributed by atoms with E-state index in [9.17, 15) is 0 Å². The van der Waals surface area contributed by atoms with Gasteiger partial charge in [-0.05, 0) is 72.8 Å². The van der Waals surface area contributed by atoms with Crippen molar-refractivity contribution in [2.75, 3.05) is 0 Å². The lowest BCUT2D eigenvalue weighted by molar-refractivity contribution is -0.00100. The second kappa shape index (κ2) is 19.4. The third-order valence-electron chi connectivity index (χ3n) is 8.36. The molecule has 6 aromatic carbocycles. The minimum atomic E-state index is -2.18. The van der Waals surface area contributed by atoms with Gasteiger partial charge < -0.3 is 36.3 Å². The third kappa shape index (κ3) is 8.80. The van der Waals surface area contributed by atoms with E-state index in [1.54, 1.807) is 0 Å². The van der Waals surface area contributed by atoms with Crippen LogP contribution in [0.2, 0.25) is 0 Å². The Labute approximate surface area is 320 Å². The molecule has 0 saturated heterocycles. The Morgan fingerprint density at radius 2 is 0.558 bits per heavy atom. The van der Waals surface area contributed by atoms with Crippen molar-refractivity contribution in [2.24, 2.45) is 21.7 Å². The molecule has 6 nitrogen and oxygen atoms in total. The average Bonchev–Trinajstić information content (AvgIpc) is 3.20. The number of rotatable bonds is 12. The number of nitrogens with one attached hydrogen (secondary N) is 2. The molecule has 6 N–H and O–H groups in total. The van der Waals surface area contributed by atoms with Gasteiger partial charge in [-0.2, -0.15) is 10.2 Å². The van der Waals surface area contributed by atoms with Crippen molar-refractivity contribution < 1.29 is 24.8 Å². The summed E-state index contributed by atoms with van der Waals surface area (Å²) in [4.78, 5) is 0. The average molecular weight is 762 g/mol. The standard InChI is InChI=1S/C42H40N6P2.2ClH/c43-41(47-45-31-33-49(35-19-7-1-8-20-35,36-21-9-2-10-22-36)37-23-11-3-12-24-37)42(44)48-46-32-34-50(38-25-13-4-14-26-38,39-27-15-5-16-28-39)40-29-17-6-18-30-40;;/h1-34,45-46H,(H2,43,47)(H2,44,48);2*1H/q+2;;/p-2/b33-31+,34-32+;;. The molecule has 0 aromatic heterocycles. The van der Waals surface area contributed by atoms with Crippen molar-refractivity contribution in [3.8, 4) is 0 Å². The fraction of sp³-hybridized carbons (Fsp3) is 0. The molecule has 0 unspecified atom stereocenters. The molecule has 52 heavy (non-hydrogen) atoms. The quantitative estimate of drug-likeness (QED) is 0.0594. The Morgan fingerprint density at radius 3 is 0.750 bits per heavy atom. The van der Waals surface area contributed by atoms with Crippen LogP contribution in [0.3, 0.4) is 0 Å². The van der Waals surface area contributed by atoms with Crippen LogP contribution in [0, 0.1) is 0 Å². The van der Waals surface area contributed by atoms with Gasteiger partial charge in [-0.1, -0.05) is 109 Å². The summed E-state index contributed by atoms with van der Waals surface area (Å²) < 4.78 is 0. The summed E-state index contributed by atoms with van der Waals surface area (Å²) in [7, 11) is -4.37. The first-order valence-corrected chi connectivity index (χ1v) is 20.0. The van der Waals surface area contributed by atoms with E-state index in [1.165, 1.54) is 31.8 Å². The normalized spacial score (nSPS) is 12.2. The topological polar surface area (TPSA) is 101 Å². The second-order valence-corrected chi connectivity index (χ2v) is 17.9. The van der Waals surface area contributed by atoms with Gasteiger partial charge in [0.1, 0.15) is 46.4 Å². The van der Waals surface area contributed by atoms with E-state index < -0.39 is 14.5 Å². The van der Waals surface area contributed by atoms with Crippen molar-refractivity contribution in [1.29, 1.82) is 0 Å². The molecule has 0 radical (unpaired) electrons. The Bertz CT molecular complexity index is 1720. The molecule has 0 bridgehead atoms. The zero-order chi connectivity index (χ0) is 34.5. The number of benzene rings is 6. The maximum Gasteiger partial charge on any atom is 0.188 e. The first-order valence-electron chi connectivity index (χ1n) is 16.3. The van der Waals surface area contributed by atoms with E-state index in [2.05, 4.69) is 178 Å². The van der Waals surface area contributed by atoms with E-state index in [0.29, 0.717) is 0 Å². The molecular weight excluding hydrogens is 721 g/mol. The monoisotopic (exact) mass is 760 g/mol. The highest BCUT2D eigenvalue weighted by molar-refractivity contribution is 7.98. The van der Waals surface area contributed by atoms with Crippen LogP contribution in [0.5, 0.6) is 0 Å². The van der Waals surface area contributed by atoms with Crippen LogP contribution < -0.4 is 79.0 Å². The molecule has 0 atom stereocenters. The SMILES string of the molecule is NC(=N\N/C=C/[P+](c1ccccc1)(c1ccccc1)c1ccccc1)/C(N)=N/N/C=C/[P+](c1ccccc1)(c1ccccc1)c1ccccc1.[Cl-].[Cl-]. The lowest BCUT2D eigenvalue weighted by atomic mass is 10.4. The largest absolute Gasteiger partial charge is 1.00 e. The molecule has 0 heterocycles. The molecule has 6 aromatic rings. The Kier molecular flexibility index (Phi) is 14.8. The lowest BCUT2D eigenvalue weighted by Gasteiger charge is -2.23. The van der Waals surface area contributed by atoms with Crippen LogP contribution >= 0.6 is 14.5 Å². The number of hydrogen-bond donors (Lipinski definition) is 4. The van der Waals surface area contributed by atoms with E-state index in [4.69, 9.17) is 11.5 Å². The molecule has 0 aliphatic carbocycles. The molecule has 0 fully saturated rings. The molecule has 0 spiro atoms. The van der Waals surface area contributed by atoms with Crippen molar-refractivity contribution >= 4 is 58.0 Å². The van der Waals surface area contributed by atoms with Gasteiger partial charge in [0.05, 0.1) is 24.0 Å². The van der Waals surface area contributed by atoms with Gasteiger partial charge in [-0.3, -0.25) is 10.9 Å². The van der Waals surface area contributed by atoms with Gasteiger partial charge in [0.2, 0.25) is 0 Å². The van der Waals surface area contributed by atoms with Gasteiger partial charge in [-0.15, -0.1) is 0 Å². The van der Waals surface area contributed by atoms with Crippen LogP contribution in [0.1, 0.15) is 0 Å². The summed E-state index contributed by atoms with van der Waals surface area (Å²) in [5.74, 6) is 4.54. The first-order chi connectivity index (χ1) is 24.6. The van der Waals surface area contributed by atoms with E-state index in [1.807, 2.05) is 48.8 Å². The van der Waals surface area contributed by atoms with Crippen molar-refractivity contribution in [3.63, 3.8) is 0 Å². The third-order valence-corrected chi connectivity index (χ3v) is 16.2. The minimum Gasteiger partial charge on any atom is -1.00 e. The van der Waals surface area contributed by atoms with Crippen LogP contribution in [0.4, 0.5) is 0 Å². The smallest absolute Gasteiger partial charge is 0.188 e. The van der Waals surface area contributed by atoms with E-state index in [-0.39, 0.29) is 36.5 Å². The molecule has 0 saturated carbocycles. The number of nitrogens with zero attached hydrogens (tertiary/aromatic N) is 2. The van der Waals surface area contributed by atoms with Gasteiger partial charge in [0, 0.05) is 0 Å². The van der Waals surface area contributed by atoms with Crippen LogP contribution in [-0.4, -0.2) is 11.7 Å². The fourth-order valence-corrected chi connectivity index (χ4v) is 13.3. The van der Waals surface area contributed by atoms with E-state index in [0.717, 1.165) is 0 Å². The molecular formula is C42H40Cl2N6P2. The summed E-state index contributed by atoms with van der Waals surface area (Å²) in [6.45, 7) is 0. The predicted octanol–water partition coefficient (Wildman–Crippen LogP) is -0.351. The molecule has 6 rings (SSSR count). The summed E-state index contributed by atoms with van der Waals surface area (Å²) >= 11 is 0. The lowest BCUT2D eigenvalue weighted by Crippen LogP contribution is -3.00. The molecule has 10 heteroatoms. The van der Waals surface area contributed by atoms with Crippen LogP contribution in [0.15, 0.2) is 216 Å². The number of halogens is 2. The minimum absolute atomic E-state index is 0. The van der Waals surface area contributed by atoms with Crippen LogP contribution in [-0.2, 0) is 0 Å². The first kappa shape index (κ1) is 39.6. The molecule has 0 aliphatic rings. The Balaban J connectivity index is 0.00000302. The number of hydrogen-bond acceptors (Lipinski definition) is 4. The van der Waals surface area contributed by atoms with Crippen molar-refractivity contribution in [2.45, 2.75) is 0 Å². The molecule has 0 amide bonds. The maximum atomic E-state index is 6.29. The maximum absolute atomic E-state index is 6.29. The number of hydrazone groups is 2. The summed E-state index contributed by atoms with van der Waals surface area (Å²) in [5, 5.41) is 16.0. The highest BCUT2D eigenvalue weighted by Gasteiger charge is 2.44. The predicted molar refractivity (Wildman–Crippen MR) is 218 cm³/mol. The zero-order valence-corrected chi connectivity index (χ0v) is 31.6. The molecule has 0 aliphatic heterocycles. The number of amidine groups is 2. The molecule has 262 valence electrons. The highest BCUT2D eigenvalue weighted by Crippen LogP contribution is 2.57. The van der Waals surface area contributed by atoms with Gasteiger partial charge in [-0.25, -0.2) is 0 Å². The second-order valence-electron chi connectivity index (χ2n) is 11.3. The van der Waals surface area contributed by atoms with Gasteiger partial charge in [0.25, 0.3) is 0 Å². The highest BCUT2D eigenvalue weighted by atomic mass is 35.5. The van der Waals surface area contributed by atoms with Gasteiger partial charge >= 0.3 is 0 Å². The van der Waals surface area contributed by atoms with Gasteiger partial charge in [0.15, 0.2) is 11.7 Å². The van der Waals surface area contributed by atoms with Crippen molar-refractivity contribution in [3.05, 3.63) is 206 Å². The summed E-state index contributed by atoms with van der Waals surface area (Å²) in [5.41, 5.74) is 18.6. The Morgan fingerprint density at radius 1 is 0.365 bits per heavy atom.